The number of hydrogen-bond donors (Lipinski definition) is 1. The summed E-state index contributed by atoms with van der Waals surface area (Å²) < 4.78 is 0.999. The second kappa shape index (κ2) is 7.33. The number of amides is 1. The van der Waals surface area contributed by atoms with Gasteiger partial charge in [0.15, 0.2) is 5.13 Å². The molecule has 6 nitrogen and oxygen atoms in total. The highest BCUT2D eigenvalue weighted by molar-refractivity contribution is 7.22. The summed E-state index contributed by atoms with van der Waals surface area (Å²) in [5.74, 6) is 0.141. The van der Waals surface area contributed by atoms with Crippen LogP contribution in [-0.4, -0.2) is 65.9 Å². The Kier molecular flexibility index (Phi) is 5.20. The summed E-state index contributed by atoms with van der Waals surface area (Å²) in [4.78, 5) is 25.6. The van der Waals surface area contributed by atoms with Crippen LogP contribution in [0.15, 0.2) is 18.5 Å². The summed E-state index contributed by atoms with van der Waals surface area (Å²) in [6, 6.07) is 1.87. The van der Waals surface area contributed by atoms with Crippen LogP contribution < -0.4 is 5.32 Å². The maximum atomic E-state index is 12.5. The van der Waals surface area contributed by atoms with Gasteiger partial charge < -0.3 is 15.1 Å². The highest BCUT2D eigenvalue weighted by Gasteiger charge is 2.26. The van der Waals surface area contributed by atoms with Gasteiger partial charge in [0, 0.05) is 32.0 Å². The monoisotopic (exact) mass is 333 g/mol. The lowest BCUT2D eigenvalue weighted by Crippen LogP contribution is -2.43. The second-order valence-electron chi connectivity index (χ2n) is 6.29. The molecular weight excluding hydrogens is 310 g/mol. The summed E-state index contributed by atoms with van der Waals surface area (Å²) in [5, 5.41) is 3.66. The van der Waals surface area contributed by atoms with Crippen molar-refractivity contribution in [2.24, 2.45) is 5.92 Å². The molecule has 1 atom stereocenters. The largest absolute Gasteiger partial charge is 0.308 e. The van der Waals surface area contributed by atoms with Crippen LogP contribution in [0.5, 0.6) is 0 Å². The predicted octanol–water partition coefficient (Wildman–Crippen LogP) is 1.90. The van der Waals surface area contributed by atoms with Crippen LogP contribution in [0.25, 0.3) is 10.2 Å². The molecule has 23 heavy (non-hydrogen) atoms. The summed E-state index contributed by atoms with van der Waals surface area (Å²) in [7, 11) is 4.16. The van der Waals surface area contributed by atoms with E-state index in [0.717, 1.165) is 49.2 Å². The average molecular weight is 333 g/mol. The molecule has 3 heterocycles. The normalized spacial score (nSPS) is 19.3. The van der Waals surface area contributed by atoms with Crippen molar-refractivity contribution in [2.75, 3.05) is 45.6 Å². The third-order valence-corrected chi connectivity index (χ3v) is 5.08. The quantitative estimate of drug-likeness (QED) is 0.905. The molecule has 0 spiro atoms. The molecule has 2 aromatic heterocycles. The molecule has 2 aromatic rings. The lowest BCUT2D eigenvalue weighted by atomic mass is 9.97. The molecule has 1 amide bonds. The Morgan fingerprint density at radius 3 is 3.17 bits per heavy atom. The molecule has 1 fully saturated rings. The van der Waals surface area contributed by atoms with Gasteiger partial charge in [0.05, 0.1) is 16.1 Å². The maximum absolute atomic E-state index is 12.5. The molecule has 1 aliphatic rings. The number of carbonyl (C=O) groups excluding carboxylic acids is 1. The number of rotatable bonds is 5. The molecule has 1 aliphatic heterocycles. The zero-order valence-corrected chi connectivity index (χ0v) is 14.5. The summed E-state index contributed by atoms with van der Waals surface area (Å²) >= 11 is 1.48. The number of piperidine rings is 1. The third-order valence-electron chi connectivity index (χ3n) is 4.16. The smallest absolute Gasteiger partial charge is 0.230 e. The fraction of sp³-hybridized carbons (Fsp3) is 0.562. The Balaban J connectivity index is 1.58. The fourth-order valence-electron chi connectivity index (χ4n) is 2.85. The molecule has 124 valence electrons. The van der Waals surface area contributed by atoms with Crippen molar-refractivity contribution in [3.8, 4) is 0 Å². The van der Waals surface area contributed by atoms with Gasteiger partial charge in [-0.1, -0.05) is 11.3 Å². The van der Waals surface area contributed by atoms with E-state index < -0.39 is 0 Å². The van der Waals surface area contributed by atoms with Crippen molar-refractivity contribution in [1.82, 2.24) is 19.8 Å². The van der Waals surface area contributed by atoms with Crippen LogP contribution in [-0.2, 0) is 4.79 Å². The number of nitrogens with zero attached hydrogens (tertiary/aromatic N) is 4. The van der Waals surface area contributed by atoms with Crippen LogP contribution in [0.4, 0.5) is 5.13 Å². The SMILES string of the molecule is CN(C)CCN1CCCC(C(=O)Nc2nc3ccncc3s2)C1. The predicted molar refractivity (Wildman–Crippen MR) is 93.8 cm³/mol. The van der Waals surface area contributed by atoms with E-state index in [1.54, 1.807) is 12.4 Å². The second-order valence-corrected chi connectivity index (χ2v) is 7.33. The minimum atomic E-state index is 0.0519. The van der Waals surface area contributed by atoms with Crippen molar-refractivity contribution < 1.29 is 4.79 Å². The van der Waals surface area contributed by atoms with Crippen molar-refractivity contribution in [1.29, 1.82) is 0 Å². The molecule has 0 radical (unpaired) electrons. The van der Waals surface area contributed by atoms with Crippen molar-refractivity contribution in [3.05, 3.63) is 18.5 Å². The zero-order valence-electron chi connectivity index (χ0n) is 13.7. The number of likely N-dealkylation sites (N-methyl/N-ethyl adjacent to an activating group) is 1. The number of fused-ring (bicyclic) bond motifs is 1. The number of thiazole rings is 1. The summed E-state index contributed by atoms with van der Waals surface area (Å²) in [6.45, 7) is 3.97. The lowest BCUT2D eigenvalue weighted by molar-refractivity contribution is -0.121. The average Bonchev–Trinajstić information content (AvgIpc) is 2.95. The van der Waals surface area contributed by atoms with E-state index in [1.165, 1.54) is 11.3 Å². The first-order valence-corrected chi connectivity index (χ1v) is 8.82. The highest BCUT2D eigenvalue weighted by Crippen LogP contribution is 2.26. The first kappa shape index (κ1) is 16.3. The zero-order chi connectivity index (χ0) is 16.2. The maximum Gasteiger partial charge on any atom is 0.230 e. The first-order chi connectivity index (χ1) is 11.1. The summed E-state index contributed by atoms with van der Waals surface area (Å²) in [6.07, 6.45) is 5.54. The van der Waals surface area contributed by atoms with Gasteiger partial charge in [-0.2, -0.15) is 0 Å². The molecule has 1 saturated heterocycles. The number of aromatic nitrogens is 2. The minimum absolute atomic E-state index is 0.0519. The highest BCUT2D eigenvalue weighted by atomic mass is 32.1. The van der Waals surface area contributed by atoms with E-state index in [2.05, 4.69) is 39.2 Å². The Labute approximate surface area is 140 Å². The van der Waals surface area contributed by atoms with Crippen LogP contribution in [0.3, 0.4) is 0 Å². The Morgan fingerprint density at radius 2 is 2.39 bits per heavy atom. The van der Waals surface area contributed by atoms with Gasteiger partial charge in [-0.05, 0) is 39.5 Å². The number of pyridine rings is 1. The molecule has 0 saturated carbocycles. The minimum Gasteiger partial charge on any atom is -0.308 e. The van der Waals surface area contributed by atoms with Gasteiger partial charge in [-0.15, -0.1) is 0 Å². The number of hydrogen-bond acceptors (Lipinski definition) is 6. The van der Waals surface area contributed by atoms with Crippen molar-refractivity contribution >= 4 is 32.6 Å². The lowest BCUT2D eigenvalue weighted by Gasteiger charge is -2.32. The number of carbonyl (C=O) groups is 1. The van der Waals surface area contributed by atoms with Crippen LogP contribution in [0.1, 0.15) is 12.8 Å². The summed E-state index contributed by atoms with van der Waals surface area (Å²) in [5.41, 5.74) is 0.886. The van der Waals surface area contributed by atoms with E-state index >= 15 is 0 Å². The van der Waals surface area contributed by atoms with Gasteiger partial charge in [0.25, 0.3) is 0 Å². The van der Waals surface area contributed by atoms with Gasteiger partial charge in [-0.3, -0.25) is 9.78 Å². The van der Waals surface area contributed by atoms with Gasteiger partial charge in [0.1, 0.15) is 0 Å². The molecule has 7 heteroatoms. The number of likely N-dealkylation sites (tertiary alicyclic amines) is 1. The van der Waals surface area contributed by atoms with Gasteiger partial charge in [0.2, 0.25) is 5.91 Å². The van der Waals surface area contributed by atoms with E-state index in [4.69, 9.17) is 0 Å². The number of anilines is 1. The molecule has 3 rings (SSSR count). The van der Waals surface area contributed by atoms with E-state index in [9.17, 15) is 4.79 Å². The molecule has 0 aromatic carbocycles. The third kappa shape index (κ3) is 4.25. The van der Waals surface area contributed by atoms with Crippen LogP contribution in [0, 0.1) is 5.92 Å². The molecule has 1 unspecified atom stereocenters. The molecule has 0 bridgehead atoms. The molecule has 0 aliphatic carbocycles. The van der Waals surface area contributed by atoms with Crippen LogP contribution in [0.2, 0.25) is 0 Å². The van der Waals surface area contributed by atoms with Crippen molar-refractivity contribution in [3.63, 3.8) is 0 Å². The number of nitrogens with one attached hydrogen (secondary N) is 1. The Bertz CT molecular complexity index is 638. The van der Waals surface area contributed by atoms with Crippen LogP contribution >= 0.6 is 11.3 Å². The Hall–Kier alpha value is -1.57. The van der Waals surface area contributed by atoms with Crippen molar-refractivity contribution in [2.45, 2.75) is 12.8 Å². The van der Waals surface area contributed by atoms with Gasteiger partial charge in [-0.25, -0.2) is 4.98 Å². The topological polar surface area (TPSA) is 61.4 Å². The van der Waals surface area contributed by atoms with E-state index in [0.29, 0.717) is 5.13 Å². The molecule has 1 N–H and O–H groups in total. The van der Waals surface area contributed by atoms with E-state index in [-0.39, 0.29) is 11.8 Å². The first-order valence-electron chi connectivity index (χ1n) is 8.00. The van der Waals surface area contributed by atoms with E-state index in [1.807, 2.05) is 6.07 Å². The molecular formula is C16H23N5OS. The van der Waals surface area contributed by atoms with Gasteiger partial charge >= 0.3 is 0 Å². The fourth-order valence-corrected chi connectivity index (χ4v) is 3.69. The standard InChI is InChI=1S/C16H23N5OS/c1-20(2)8-9-21-7-3-4-12(11-21)15(22)19-16-18-13-5-6-17-10-14(13)23-16/h5-6,10,12H,3-4,7-9,11H2,1-2H3,(H,18,19,22). The Morgan fingerprint density at radius 1 is 1.52 bits per heavy atom.